The summed E-state index contributed by atoms with van der Waals surface area (Å²) in [5.74, 6) is -0.601. The van der Waals surface area contributed by atoms with Crippen molar-refractivity contribution in [1.29, 1.82) is 0 Å². The summed E-state index contributed by atoms with van der Waals surface area (Å²) < 4.78 is 27.1. The van der Waals surface area contributed by atoms with E-state index in [1.54, 1.807) is 29.2 Å². The summed E-state index contributed by atoms with van der Waals surface area (Å²) in [7, 11) is 0. The Bertz CT molecular complexity index is 725. The lowest BCUT2D eigenvalue weighted by molar-refractivity contribution is -0.128. The molecule has 1 aliphatic heterocycles. The van der Waals surface area contributed by atoms with Crippen LogP contribution in [0.4, 0.5) is 8.78 Å². The highest BCUT2D eigenvalue weighted by Gasteiger charge is 2.33. The number of hydrogen-bond donors (Lipinski definition) is 0. The molecule has 1 atom stereocenters. The van der Waals surface area contributed by atoms with Crippen LogP contribution >= 0.6 is 23.4 Å². The van der Waals surface area contributed by atoms with Crippen molar-refractivity contribution in [1.82, 2.24) is 4.90 Å². The van der Waals surface area contributed by atoms with Gasteiger partial charge in [-0.2, -0.15) is 0 Å². The van der Waals surface area contributed by atoms with Gasteiger partial charge in [0.1, 0.15) is 17.0 Å². The van der Waals surface area contributed by atoms with Crippen LogP contribution in [0.2, 0.25) is 5.02 Å². The predicted octanol–water partition coefficient (Wildman–Crippen LogP) is 4.39. The van der Waals surface area contributed by atoms with Crippen molar-refractivity contribution < 1.29 is 13.6 Å². The van der Waals surface area contributed by atoms with Crippen molar-refractivity contribution in [2.45, 2.75) is 11.9 Å². The van der Waals surface area contributed by atoms with E-state index in [1.165, 1.54) is 30.0 Å². The summed E-state index contributed by atoms with van der Waals surface area (Å²) >= 11 is 7.24. The van der Waals surface area contributed by atoms with Gasteiger partial charge in [0.25, 0.3) is 0 Å². The highest BCUT2D eigenvalue weighted by Crippen LogP contribution is 2.40. The molecule has 22 heavy (non-hydrogen) atoms. The number of hydrogen-bond acceptors (Lipinski definition) is 2. The minimum absolute atomic E-state index is 0.0169. The lowest BCUT2D eigenvalue weighted by Gasteiger charge is -2.24. The Balaban J connectivity index is 1.89. The van der Waals surface area contributed by atoms with Crippen LogP contribution in [-0.2, 0) is 11.3 Å². The molecule has 1 aliphatic rings. The Labute approximate surface area is 136 Å². The van der Waals surface area contributed by atoms with E-state index in [2.05, 4.69) is 0 Å². The molecular weight excluding hydrogens is 328 g/mol. The Morgan fingerprint density at radius 1 is 1.18 bits per heavy atom. The van der Waals surface area contributed by atoms with Gasteiger partial charge >= 0.3 is 0 Å². The molecule has 3 rings (SSSR count). The quantitative estimate of drug-likeness (QED) is 0.826. The van der Waals surface area contributed by atoms with Gasteiger partial charge in [-0.1, -0.05) is 35.9 Å². The van der Waals surface area contributed by atoms with Crippen LogP contribution in [0.5, 0.6) is 0 Å². The maximum atomic E-state index is 13.8. The molecule has 2 aromatic carbocycles. The first-order chi connectivity index (χ1) is 10.6. The number of amides is 1. The monoisotopic (exact) mass is 339 g/mol. The van der Waals surface area contributed by atoms with Gasteiger partial charge < -0.3 is 4.90 Å². The summed E-state index contributed by atoms with van der Waals surface area (Å²) in [6.07, 6.45) is 0. The molecule has 0 N–H and O–H groups in total. The van der Waals surface area contributed by atoms with Crippen LogP contribution in [0.1, 0.15) is 16.5 Å². The van der Waals surface area contributed by atoms with E-state index in [9.17, 15) is 13.6 Å². The van der Waals surface area contributed by atoms with Gasteiger partial charge in [-0.15, -0.1) is 11.8 Å². The standard InChI is InChI=1S/C16H12ClF2NOS/c17-12-7-10(5-6-14(12)19)16-20(15(21)9-22-16)8-11-3-1-2-4-13(11)18/h1-7,16H,8-9H2. The molecule has 1 unspecified atom stereocenters. The molecule has 0 saturated carbocycles. The third-order valence-electron chi connectivity index (χ3n) is 3.50. The van der Waals surface area contributed by atoms with E-state index >= 15 is 0 Å². The number of carbonyl (C=O) groups excluding carboxylic acids is 1. The molecule has 1 heterocycles. The number of benzene rings is 2. The first-order valence-electron chi connectivity index (χ1n) is 6.65. The number of halogens is 3. The van der Waals surface area contributed by atoms with E-state index in [-0.39, 0.29) is 28.7 Å². The molecule has 2 aromatic rings. The maximum Gasteiger partial charge on any atom is 0.234 e. The average molecular weight is 340 g/mol. The van der Waals surface area contributed by atoms with Gasteiger partial charge in [0, 0.05) is 12.1 Å². The van der Waals surface area contributed by atoms with Crippen molar-refractivity contribution >= 4 is 29.3 Å². The Morgan fingerprint density at radius 2 is 1.95 bits per heavy atom. The van der Waals surface area contributed by atoms with Crippen molar-refractivity contribution in [2.24, 2.45) is 0 Å². The normalized spacial score (nSPS) is 18.0. The van der Waals surface area contributed by atoms with E-state index in [0.29, 0.717) is 11.3 Å². The minimum Gasteiger partial charge on any atom is -0.321 e. The number of rotatable bonds is 3. The summed E-state index contributed by atoms with van der Waals surface area (Å²) in [6.45, 7) is 0.179. The van der Waals surface area contributed by atoms with Gasteiger partial charge in [-0.25, -0.2) is 8.78 Å². The van der Waals surface area contributed by atoms with Gasteiger partial charge in [-0.05, 0) is 23.8 Å². The molecule has 6 heteroatoms. The first kappa shape index (κ1) is 15.3. The zero-order valence-corrected chi connectivity index (χ0v) is 13.0. The smallest absolute Gasteiger partial charge is 0.234 e. The Morgan fingerprint density at radius 3 is 2.68 bits per heavy atom. The van der Waals surface area contributed by atoms with Crippen LogP contribution in [0, 0.1) is 11.6 Å². The lowest BCUT2D eigenvalue weighted by atomic mass is 10.1. The third-order valence-corrected chi connectivity index (χ3v) is 5.04. The highest BCUT2D eigenvalue weighted by molar-refractivity contribution is 8.00. The Hall–Kier alpha value is -1.59. The SMILES string of the molecule is O=C1CSC(c2ccc(F)c(Cl)c2)N1Cc1ccccc1F. The fourth-order valence-corrected chi connectivity index (χ4v) is 3.74. The van der Waals surface area contributed by atoms with Gasteiger partial charge in [0.15, 0.2) is 0 Å². The van der Waals surface area contributed by atoms with E-state index < -0.39 is 5.82 Å². The molecule has 1 saturated heterocycles. The molecular formula is C16H12ClF2NOS. The van der Waals surface area contributed by atoms with E-state index in [4.69, 9.17) is 11.6 Å². The summed E-state index contributed by atoms with van der Waals surface area (Å²) in [5, 5.41) is -0.270. The van der Waals surface area contributed by atoms with Gasteiger partial charge in [0.2, 0.25) is 5.91 Å². The van der Waals surface area contributed by atoms with Crippen molar-refractivity contribution in [2.75, 3.05) is 5.75 Å². The van der Waals surface area contributed by atoms with Gasteiger partial charge in [-0.3, -0.25) is 4.79 Å². The lowest BCUT2D eigenvalue weighted by Crippen LogP contribution is -2.28. The molecule has 0 bridgehead atoms. The number of thioether (sulfide) groups is 1. The number of nitrogens with zero attached hydrogens (tertiary/aromatic N) is 1. The Kier molecular flexibility index (Phi) is 4.36. The summed E-state index contributed by atoms with van der Waals surface area (Å²) in [4.78, 5) is 13.7. The van der Waals surface area contributed by atoms with Gasteiger partial charge in [0.05, 0.1) is 10.8 Å². The summed E-state index contributed by atoms with van der Waals surface area (Å²) in [5.41, 5.74) is 1.19. The zero-order chi connectivity index (χ0) is 15.7. The largest absolute Gasteiger partial charge is 0.321 e. The second-order valence-electron chi connectivity index (χ2n) is 4.95. The molecule has 1 amide bonds. The zero-order valence-electron chi connectivity index (χ0n) is 11.4. The molecule has 0 radical (unpaired) electrons. The van der Waals surface area contributed by atoms with Crippen LogP contribution in [0.25, 0.3) is 0 Å². The predicted molar refractivity (Wildman–Crippen MR) is 83.6 cm³/mol. The van der Waals surface area contributed by atoms with E-state index in [1.807, 2.05) is 0 Å². The molecule has 114 valence electrons. The highest BCUT2D eigenvalue weighted by atomic mass is 35.5. The van der Waals surface area contributed by atoms with Crippen LogP contribution in [0.3, 0.4) is 0 Å². The fourth-order valence-electron chi connectivity index (χ4n) is 2.38. The molecule has 1 fully saturated rings. The molecule has 2 nitrogen and oxygen atoms in total. The topological polar surface area (TPSA) is 20.3 Å². The van der Waals surface area contributed by atoms with Crippen LogP contribution in [0.15, 0.2) is 42.5 Å². The first-order valence-corrected chi connectivity index (χ1v) is 8.08. The summed E-state index contributed by atoms with van der Waals surface area (Å²) in [6, 6.07) is 10.8. The van der Waals surface area contributed by atoms with Crippen LogP contribution in [-0.4, -0.2) is 16.6 Å². The molecule has 0 aliphatic carbocycles. The third kappa shape index (κ3) is 2.96. The maximum absolute atomic E-state index is 13.8. The number of carbonyl (C=O) groups is 1. The second-order valence-corrected chi connectivity index (χ2v) is 6.43. The van der Waals surface area contributed by atoms with Crippen molar-refractivity contribution in [3.63, 3.8) is 0 Å². The van der Waals surface area contributed by atoms with Crippen molar-refractivity contribution in [3.8, 4) is 0 Å². The fraction of sp³-hybridized carbons (Fsp3) is 0.188. The molecule has 0 aromatic heterocycles. The van der Waals surface area contributed by atoms with E-state index in [0.717, 1.165) is 5.56 Å². The van der Waals surface area contributed by atoms with Crippen LogP contribution < -0.4 is 0 Å². The average Bonchev–Trinajstić information content (AvgIpc) is 2.86. The minimum atomic E-state index is -0.500. The second kappa shape index (κ2) is 6.26. The van der Waals surface area contributed by atoms with Crippen molar-refractivity contribution in [3.05, 3.63) is 70.2 Å². The molecule has 0 spiro atoms.